The molecule has 0 bridgehead atoms. The second kappa shape index (κ2) is 9.54. The lowest BCUT2D eigenvalue weighted by Crippen LogP contribution is -2.12. The average Bonchev–Trinajstić information content (AvgIpc) is 2.82. The van der Waals surface area contributed by atoms with Crippen LogP contribution < -0.4 is 4.74 Å². The van der Waals surface area contributed by atoms with Crippen molar-refractivity contribution < 1.29 is 26.7 Å². The zero-order valence-corrected chi connectivity index (χ0v) is 18.5. The molecule has 4 rings (SSSR count). The van der Waals surface area contributed by atoms with Gasteiger partial charge < -0.3 is 4.74 Å². The van der Waals surface area contributed by atoms with Crippen LogP contribution in [-0.2, 0) is 0 Å². The molecule has 0 unspecified atom stereocenters. The van der Waals surface area contributed by atoms with Gasteiger partial charge in [0.25, 0.3) is 0 Å². The molecule has 0 aromatic heterocycles. The highest BCUT2D eigenvalue weighted by Gasteiger charge is 2.23. The Kier molecular flexibility index (Phi) is 6.73. The molecular weight excluding hydrogens is 435 g/mol. The third-order valence-electron chi connectivity index (χ3n) is 6.72. The first-order valence-corrected chi connectivity index (χ1v) is 11.2. The van der Waals surface area contributed by atoms with Gasteiger partial charge in [0, 0.05) is 17.7 Å². The van der Waals surface area contributed by atoms with Crippen LogP contribution >= 0.6 is 0 Å². The predicted octanol–water partition coefficient (Wildman–Crippen LogP) is 8.83. The molecule has 1 fully saturated rings. The molecule has 0 saturated heterocycles. The van der Waals surface area contributed by atoms with Gasteiger partial charge in [-0.3, -0.25) is 0 Å². The molecule has 0 aliphatic heterocycles. The molecule has 174 valence electrons. The Labute approximate surface area is 190 Å². The fraction of sp³-hybridized carbons (Fsp3) is 0.333. The highest BCUT2D eigenvalue weighted by molar-refractivity contribution is 5.70. The summed E-state index contributed by atoms with van der Waals surface area (Å²) in [5.74, 6) is -6.75. The predicted molar refractivity (Wildman–Crippen MR) is 118 cm³/mol. The molecule has 0 amide bonds. The largest absolute Gasteiger partial charge is 0.454 e. The Morgan fingerprint density at radius 2 is 1.36 bits per heavy atom. The van der Waals surface area contributed by atoms with Crippen LogP contribution in [0.4, 0.5) is 22.0 Å². The topological polar surface area (TPSA) is 9.23 Å². The lowest BCUT2D eigenvalue weighted by Gasteiger charge is -2.28. The van der Waals surface area contributed by atoms with Crippen LogP contribution in [-0.4, -0.2) is 0 Å². The molecule has 3 aromatic rings. The van der Waals surface area contributed by atoms with Gasteiger partial charge in [-0.2, -0.15) is 4.39 Å². The van der Waals surface area contributed by atoms with Gasteiger partial charge in [0.1, 0.15) is 5.75 Å². The SMILES string of the molecule is CC[C@H]1CC[C@H](c2ccc(-c3cc(F)c(F)c(Oc4cc(F)c(F)c(F)c4)c3C)cc2)CC1. The molecule has 0 atom stereocenters. The van der Waals surface area contributed by atoms with E-state index < -0.39 is 40.6 Å². The van der Waals surface area contributed by atoms with Gasteiger partial charge in [0.15, 0.2) is 29.0 Å². The van der Waals surface area contributed by atoms with E-state index in [0.717, 1.165) is 24.8 Å². The van der Waals surface area contributed by atoms with Crippen molar-refractivity contribution in [3.63, 3.8) is 0 Å². The molecule has 33 heavy (non-hydrogen) atoms. The van der Waals surface area contributed by atoms with Crippen molar-refractivity contribution >= 4 is 0 Å². The van der Waals surface area contributed by atoms with Crippen molar-refractivity contribution in [2.75, 3.05) is 0 Å². The van der Waals surface area contributed by atoms with E-state index in [4.69, 9.17) is 4.74 Å². The molecule has 1 aliphatic rings. The number of hydrogen-bond donors (Lipinski definition) is 0. The zero-order chi connectivity index (χ0) is 23.7. The summed E-state index contributed by atoms with van der Waals surface area (Å²) in [5.41, 5.74) is 2.55. The Morgan fingerprint density at radius 1 is 0.788 bits per heavy atom. The summed E-state index contributed by atoms with van der Waals surface area (Å²) in [6, 6.07) is 10.00. The molecule has 0 spiro atoms. The molecule has 0 N–H and O–H groups in total. The third kappa shape index (κ3) is 4.75. The summed E-state index contributed by atoms with van der Waals surface area (Å²) in [6.45, 7) is 3.76. The van der Waals surface area contributed by atoms with Gasteiger partial charge in [0.2, 0.25) is 5.82 Å². The van der Waals surface area contributed by atoms with E-state index in [1.165, 1.54) is 31.7 Å². The van der Waals surface area contributed by atoms with Gasteiger partial charge in [-0.1, -0.05) is 37.6 Å². The van der Waals surface area contributed by atoms with Gasteiger partial charge in [-0.25, -0.2) is 17.6 Å². The van der Waals surface area contributed by atoms with Gasteiger partial charge in [-0.05, 0) is 67.2 Å². The van der Waals surface area contributed by atoms with Crippen molar-refractivity contribution in [3.05, 3.63) is 82.7 Å². The van der Waals surface area contributed by atoms with Crippen LogP contribution in [0.1, 0.15) is 56.1 Å². The second-order valence-electron chi connectivity index (χ2n) is 8.72. The van der Waals surface area contributed by atoms with Crippen molar-refractivity contribution in [1.29, 1.82) is 0 Å². The molecular formula is C27H25F5O. The first-order chi connectivity index (χ1) is 15.8. The normalized spacial score (nSPS) is 18.4. The first kappa shape index (κ1) is 23.3. The summed E-state index contributed by atoms with van der Waals surface area (Å²) in [7, 11) is 0. The van der Waals surface area contributed by atoms with Gasteiger partial charge in [0.05, 0.1) is 0 Å². The lowest BCUT2D eigenvalue weighted by atomic mass is 9.77. The maximum absolute atomic E-state index is 14.5. The quantitative estimate of drug-likeness (QED) is 0.273. The van der Waals surface area contributed by atoms with E-state index in [1.807, 2.05) is 24.3 Å². The summed E-state index contributed by atoms with van der Waals surface area (Å²) in [6.07, 6.45) is 5.94. The minimum Gasteiger partial charge on any atom is -0.454 e. The third-order valence-corrected chi connectivity index (χ3v) is 6.72. The standard InChI is InChI=1S/C27H25F5O/c1-3-16-4-6-17(7-5-16)18-8-10-19(11-9-18)21-14-24(30)26(32)27(15(21)2)33-20-12-22(28)25(31)23(29)13-20/h8-14,16-17H,3-7H2,1-2H3/t16-,17-. The van der Waals surface area contributed by atoms with Crippen LogP contribution in [0.3, 0.4) is 0 Å². The Bertz CT molecular complexity index is 1130. The Morgan fingerprint density at radius 3 is 1.94 bits per heavy atom. The van der Waals surface area contributed by atoms with Crippen LogP contribution in [0.15, 0.2) is 42.5 Å². The Hall–Kier alpha value is -2.89. The zero-order valence-electron chi connectivity index (χ0n) is 18.5. The number of benzene rings is 3. The smallest absolute Gasteiger partial charge is 0.201 e. The summed E-state index contributed by atoms with van der Waals surface area (Å²) < 4.78 is 74.5. The van der Waals surface area contributed by atoms with Crippen LogP contribution in [0.5, 0.6) is 11.5 Å². The van der Waals surface area contributed by atoms with Gasteiger partial charge in [-0.15, -0.1) is 0 Å². The minimum absolute atomic E-state index is 0.259. The molecule has 0 radical (unpaired) electrons. The molecule has 1 nitrogen and oxygen atoms in total. The fourth-order valence-corrected chi connectivity index (χ4v) is 4.66. The van der Waals surface area contributed by atoms with E-state index in [0.29, 0.717) is 29.2 Å². The van der Waals surface area contributed by atoms with E-state index in [9.17, 15) is 22.0 Å². The Balaban J connectivity index is 1.63. The fourth-order valence-electron chi connectivity index (χ4n) is 4.66. The van der Waals surface area contributed by atoms with Crippen LogP contribution in [0.2, 0.25) is 0 Å². The lowest BCUT2D eigenvalue weighted by molar-refractivity contribution is 0.319. The van der Waals surface area contributed by atoms with Crippen molar-refractivity contribution in [2.24, 2.45) is 5.92 Å². The summed E-state index contributed by atoms with van der Waals surface area (Å²) in [4.78, 5) is 0. The maximum atomic E-state index is 14.5. The number of halogens is 5. The number of ether oxygens (including phenoxy) is 1. The van der Waals surface area contributed by atoms with E-state index in [-0.39, 0.29) is 5.56 Å². The van der Waals surface area contributed by atoms with E-state index >= 15 is 0 Å². The monoisotopic (exact) mass is 460 g/mol. The van der Waals surface area contributed by atoms with Crippen molar-refractivity contribution in [2.45, 2.75) is 51.9 Å². The first-order valence-electron chi connectivity index (χ1n) is 11.2. The molecule has 0 heterocycles. The van der Waals surface area contributed by atoms with Crippen LogP contribution in [0.25, 0.3) is 11.1 Å². The molecule has 3 aromatic carbocycles. The second-order valence-corrected chi connectivity index (χ2v) is 8.72. The van der Waals surface area contributed by atoms with Crippen molar-refractivity contribution in [1.82, 2.24) is 0 Å². The number of rotatable bonds is 5. The van der Waals surface area contributed by atoms with Gasteiger partial charge >= 0.3 is 0 Å². The highest BCUT2D eigenvalue weighted by Crippen LogP contribution is 2.40. The number of hydrogen-bond acceptors (Lipinski definition) is 1. The van der Waals surface area contributed by atoms with Crippen LogP contribution in [0, 0.1) is 41.9 Å². The van der Waals surface area contributed by atoms with E-state index in [2.05, 4.69) is 6.92 Å². The molecule has 1 saturated carbocycles. The van der Waals surface area contributed by atoms with E-state index in [1.54, 1.807) is 0 Å². The summed E-state index contributed by atoms with van der Waals surface area (Å²) in [5, 5.41) is 0. The van der Waals surface area contributed by atoms with Crippen molar-refractivity contribution in [3.8, 4) is 22.6 Å². The average molecular weight is 460 g/mol. The maximum Gasteiger partial charge on any atom is 0.201 e. The molecule has 6 heteroatoms. The summed E-state index contributed by atoms with van der Waals surface area (Å²) >= 11 is 0. The minimum atomic E-state index is -1.66. The molecule has 1 aliphatic carbocycles. The highest BCUT2D eigenvalue weighted by atomic mass is 19.2.